The van der Waals surface area contributed by atoms with Crippen LogP contribution >= 0.6 is 11.6 Å². The van der Waals surface area contributed by atoms with Crippen LogP contribution in [0.25, 0.3) is 0 Å². The quantitative estimate of drug-likeness (QED) is 0.714. The first-order valence-electron chi connectivity index (χ1n) is 7.35. The van der Waals surface area contributed by atoms with E-state index in [1.807, 2.05) is 0 Å². The number of hydrogen-bond acceptors (Lipinski definition) is 3. The molecular weight excluding hydrogens is 349 g/mol. The van der Waals surface area contributed by atoms with Crippen molar-refractivity contribution in [3.05, 3.63) is 64.9 Å². The first-order chi connectivity index (χ1) is 12.0. The molecule has 2 aromatic carbocycles. The summed E-state index contributed by atoms with van der Waals surface area (Å²) in [5.74, 6) is -1.98. The Hall–Kier alpha value is -2.93. The lowest BCUT2D eigenvalue weighted by atomic mass is 10.2. The monoisotopic (exact) mass is 363 g/mol. The number of rotatable bonds is 5. The second-order valence-electron chi connectivity index (χ2n) is 5.04. The number of carbonyl (C=O) groups is 3. The zero-order valence-electron chi connectivity index (χ0n) is 13.0. The predicted octanol–water partition coefficient (Wildman–Crippen LogP) is 2.66. The lowest BCUT2D eigenvalue weighted by Crippen LogP contribution is -2.41. The highest BCUT2D eigenvalue weighted by Crippen LogP contribution is 2.20. The third-order valence-corrected chi connectivity index (χ3v) is 3.48. The largest absolute Gasteiger partial charge is 0.325 e. The molecule has 8 heteroatoms. The standard InChI is InChI=1S/C17H15ClFN3O3/c18-13-3-1-2-4-14(13)20-15(23)9-10-16(24)21-22-17(25)11-5-7-12(19)8-6-11/h1-8H,9-10H2,(H,20,23)(H,21,24)(H,22,25). The molecule has 0 heterocycles. The van der Waals surface area contributed by atoms with Crippen molar-refractivity contribution in [1.82, 2.24) is 10.9 Å². The maximum atomic E-state index is 12.8. The molecule has 3 N–H and O–H groups in total. The number of nitrogens with one attached hydrogen (secondary N) is 3. The van der Waals surface area contributed by atoms with Crippen molar-refractivity contribution in [2.24, 2.45) is 0 Å². The first-order valence-corrected chi connectivity index (χ1v) is 7.72. The van der Waals surface area contributed by atoms with Crippen LogP contribution in [0.15, 0.2) is 48.5 Å². The number of benzene rings is 2. The average molecular weight is 364 g/mol. The molecule has 0 spiro atoms. The summed E-state index contributed by atoms with van der Waals surface area (Å²) < 4.78 is 12.8. The van der Waals surface area contributed by atoms with Gasteiger partial charge in [0, 0.05) is 18.4 Å². The van der Waals surface area contributed by atoms with Gasteiger partial charge in [-0.1, -0.05) is 23.7 Å². The first kappa shape index (κ1) is 18.4. The zero-order valence-corrected chi connectivity index (χ0v) is 13.8. The third kappa shape index (κ3) is 5.89. The van der Waals surface area contributed by atoms with Crippen LogP contribution in [0.4, 0.5) is 10.1 Å². The molecule has 2 aromatic rings. The van der Waals surface area contributed by atoms with E-state index in [1.165, 1.54) is 12.1 Å². The maximum Gasteiger partial charge on any atom is 0.269 e. The van der Waals surface area contributed by atoms with Crippen molar-refractivity contribution in [3.8, 4) is 0 Å². The number of amides is 3. The Morgan fingerprint density at radius 3 is 2.20 bits per heavy atom. The van der Waals surface area contributed by atoms with Crippen LogP contribution in [0.5, 0.6) is 0 Å². The van der Waals surface area contributed by atoms with Crippen molar-refractivity contribution in [3.63, 3.8) is 0 Å². The van der Waals surface area contributed by atoms with E-state index in [0.29, 0.717) is 10.7 Å². The second-order valence-corrected chi connectivity index (χ2v) is 5.44. The van der Waals surface area contributed by atoms with E-state index < -0.39 is 17.6 Å². The van der Waals surface area contributed by atoms with E-state index in [1.54, 1.807) is 24.3 Å². The van der Waals surface area contributed by atoms with Crippen molar-refractivity contribution in [2.75, 3.05) is 5.32 Å². The molecule has 0 aliphatic heterocycles. The van der Waals surface area contributed by atoms with E-state index in [0.717, 1.165) is 12.1 Å². The Morgan fingerprint density at radius 1 is 0.880 bits per heavy atom. The normalized spacial score (nSPS) is 10.0. The maximum absolute atomic E-state index is 12.8. The van der Waals surface area contributed by atoms with Gasteiger partial charge in [-0.25, -0.2) is 4.39 Å². The van der Waals surface area contributed by atoms with Crippen molar-refractivity contribution in [2.45, 2.75) is 12.8 Å². The lowest BCUT2D eigenvalue weighted by Gasteiger charge is -2.08. The summed E-state index contributed by atoms with van der Waals surface area (Å²) >= 11 is 5.92. The smallest absolute Gasteiger partial charge is 0.269 e. The Labute approximate surface area is 148 Å². The minimum absolute atomic E-state index is 0.0799. The summed E-state index contributed by atoms with van der Waals surface area (Å²) in [5.41, 5.74) is 5.03. The highest BCUT2D eigenvalue weighted by molar-refractivity contribution is 6.33. The second kappa shape index (κ2) is 8.79. The van der Waals surface area contributed by atoms with Crippen molar-refractivity contribution in [1.29, 1.82) is 0 Å². The third-order valence-electron chi connectivity index (χ3n) is 3.15. The Kier molecular flexibility index (Phi) is 6.47. The fourth-order valence-corrected chi connectivity index (χ4v) is 2.05. The van der Waals surface area contributed by atoms with Gasteiger partial charge in [0.15, 0.2) is 0 Å². The SMILES string of the molecule is O=C(CCC(=O)Nc1ccccc1Cl)NNC(=O)c1ccc(F)cc1. The molecule has 0 saturated carbocycles. The van der Waals surface area contributed by atoms with Gasteiger partial charge in [0.05, 0.1) is 10.7 Å². The molecule has 2 rings (SSSR count). The van der Waals surface area contributed by atoms with Gasteiger partial charge in [0.2, 0.25) is 11.8 Å². The molecule has 0 aromatic heterocycles. The van der Waals surface area contributed by atoms with Crippen LogP contribution in [0, 0.1) is 5.82 Å². The summed E-state index contributed by atoms with van der Waals surface area (Å²) in [6.07, 6.45) is -0.205. The molecule has 0 unspecified atom stereocenters. The predicted molar refractivity (Wildman–Crippen MR) is 91.3 cm³/mol. The molecule has 0 bridgehead atoms. The van der Waals surface area contributed by atoms with Crippen LogP contribution in [0.3, 0.4) is 0 Å². The molecule has 0 aliphatic carbocycles. The molecule has 3 amide bonds. The van der Waals surface area contributed by atoms with Gasteiger partial charge in [0.1, 0.15) is 5.82 Å². The summed E-state index contributed by atoms with van der Waals surface area (Å²) in [6.45, 7) is 0. The van der Waals surface area contributed by atoms with Gasteiger partial charge < -0.3 is 5.32 Å². The van der Waals surface area contributed by atoms with E-state index >= 15 is 0 Å². The molecule has 6 nitrogen and oxygen atoms in total. The molecule has 0 aliphatic rings. The van der Waals surface area contributed by atoms with Crippen LogP contribution in [-0.2, 0) is 9.59 Å². The van der Waals surface area contributed by atoms with Crippen LogP contribution < -0.4 is 16.2 Å². The number of carbonyl (C=O) groups excluding carboxylic acids is 3. The summed E-state index contributed by atoms with van der Waals surface area (Å²) in [5, 5.41) is 2.98. The zero-order chi connectivity index (χ0) is 18.2. The van der Waals surface area contributed by atoms with Gasteiger partial charge in [-0.05, 0) is 36.4 Å². The summed E-state index contributed by atoms with van der Waals surface area (Å²) in [7, 11) is 0. The number of hydrazine groups is 1. The van der Waals surface area contributed by atoms with E-state index in [2.05, 4.69) is 16.2 Å². The highest BCUT2D eigenvalue weighted by atomic mass is 35.5. The van der Waals surface area contributed by atoms with E-state index in [4.69, 9.17) is 11.6 Å². The molecule has 130 valence electrons. The van der Waals surface area contributed by atoms with Gasteiger partial charge in [-0.3, -0.25) is 25.2 Å². The molecular formula is C17H15ClFN3O3. The van der Waals surface area contributed by atoms with Crippen LogP contribution in [0.1, 0.15) is 23.2 Å². The van der Waals surface area contributed by atoms with Gasteiger partial charge in [-0.15, -0.1) is 0 Å². The fraction of sp³-hybridized carbons (Fsp3) is 0.118. The van der Waals surface area contributed by atoms with Gasteiger partial charge in [0.25, 0.3) is 5.91 Å². The van der Waals surface area contributed by atoms with E-state index in [-0.39, 0.29) is 24.3 Å². The Morgan fingerprint density at radius 2 is 1.52 bits per heavy atom. The number of hydrogen-bond donors (Lipinski definition) is 3. The number of halogens is 2. The topological polar surface area (TPSA) is 87.3 Å². The van der Waals surface area contributed by atoms with Crippen LogP contribution in [-0.4, -0.2) is 17.7 Å². The molecule has 0 radical (unpaired) electrons. The highest BCUT2D eigenvalue weighted by Gasteiger charge is 2.10. The summed E-state index contributed by atoms with van der Waals surface area (Å²) in [4.78, 5) is 35.2. The van der Waals surface area contributed by atoms with Gasteiger partial charge in [-0.2, -0.15) is 0 Å². The average Bonchev–Trinajstić information content (AvgIpc) is 2.60. The minimum atomic E-state index is -0.589. The van der Waals surface area contributed by atoms with E-state index in [9.17, 15) is 18.8 Å². The molecule has 0 saturated heterocycles. The minimum Gasteiger partial charge on any atom is -0.325 e. The Balaban J connectivity index is 1.73. The molecule has 25 heavy (non-hydrogen) atoms. The molecule has 0 fully saturated rings. The fourth-order valence-electron chi connectivity index (χ4n) is 1.86. The van der Waals surface area contributed by atoms with Gasteiger partial charge >= 0.3 is 0 Å². The number of anilines is 1. The summed E-state index contributed by atoms with van der Waals surface area (Å²) in [6, 6.07) is 11.6. The Bertz CT molecular complexity index is 781. The van der Waals surface area contributed by atoms with Crippen molar-refractivity contribution >= 4 is 35.0 Å². The molecule has 0 atom stereocenters. The lowest BCUT2D eigenvalue weighted by molar-refractivity contribution is -0.124. The number of para-hydroxylation sites is 1. The van der Waals surface area contributed by atoms with Crippen molar-refractivity contribution < 1.29 is 18.8 Å². The van der Waals surface area contributed by atoms with Crippen LogP contribution in [0.2, 0.25) is 5.02 Å².